The second kappa shape index (κ2) is 2.90. The molecule has 0 unspecified atom stereocenters. The zero-order chi connectivity index (χ0) is 8.44. The summed E-state index contributed by atoms with van der Waals surface area (Å²) in [4.78, 5) is 0. The van der Waals surface area contributed by atoms with Crippen molar-refractivity contribution in [2.45, 2.75) is 31.1 Å². The Kier molecular flexibility index (Phi) is 1.89. The van der Waals surface area contributed by atoms with E-state index in [-0.39, 0.29) is 0 Å². The van der Waals surface area contributed by atoms with Crippen LogP contribution in [0.1, 0.15) is 31.4 Å². The molecule has 66 valence electrons. The van der Waals surface area contributed by atoms with E-state index in [1.165, 1.54) is 25.0 Å². The fraction of sp³-hybridized carbons (Fsp3) is 0.667. The van der Waals surface area contributed by atoms with Gasteiger partial charge in [-0.25, -0.2) is 0 Å². The summed E-state index contributed by atoms with van der Waals surface area (Å²) in [6, 6.07) is 2.08. The molecule has 1 fully saturated rings. The molecule has 12 heavy (non-hydrogen) atoms. The van der Waals surface area contributed by atoms with Crippen molar-refractivity contribution in [3.8, 4) is 0 Å². The number of aromatic amines is 1. The first-order valence-electron chi connectivity index (χ1n) is 4.57. The molecule has 1 saturated carbocycles. The van der Waals surface area contributed by atoms with Gasteiger partial charge in [0, 0.05) is 17.3 Å². The summed E-state index contributed by atoms with van der Waals surface area (Å²) in [5.74, 6) is 0. The van der Waals surface area contributed by atoms with Gasteiger partial charge in [0.05, 0.1) is 0 Å². The van der Waals surface area contributed by atoms with E-state index >= 15 is 0 Å². The smallest absolute Gasteiger partial charge is 0.0490 e. The van der Waals surface area contributed by atoms with Crippen LogP contribution in [0.3, 0.4) is 0 Å². The summed E-state index contributed by atoms with van der Waals surface area (Å²) >= 11 is 0. The van der Waals surface area contributed by atoms with Crippen molar-refractivity contribution in [1.29, 1.82) is 0 Å². The lowest BCUT2D eigenvalue weighted by atomic mass is 9.64. The first kappa shape index (κ1) is 7.80. The van der Waals surface area contributed by atoms with Gasteiger partial charge in [-0.1, -0.05) is 6.42 Å². The second-order valence-electron chi connectivity index (χ2n) is 3.64. The molecular weight excluding hydrogens is 150 g/mol. The molecule has 0 spiro atoms. The molecule has 0 saturated heterocycles. The number of H-pyrrole nitrogens is 1. The van der Waals surface area contributed by atoms with Crippen molar-refractivity contribution in [2.75, 3.05) is 6.54 Å². The quantitative estimate of drug-likeness (QED) is 0.706. The second-order valence-corrected chi connectivity index (χ2v) is 3.64. The Morgan fingerprint density at radius 2 is 2.42 bits per heavy atom. The van der Waals surface area contributed by atoms with Crippen LogP contribution in [0.15, 0.2) is 12.3 Å². The van der Waals surface area contributed by atoms with Gasteiger partial charge in [0.1, 0.15) is 0 Å². The molecule has 1 aromatic rings. The van der Waals surface area contributed by atoms with E-state index in [1.54, 1.807) is 0 Å². The minimum atomic E-state index is 0.352. The number of aromatic nitrogens is 2. The largest absolute Gasteiger partial charge is 0.330 e. The lowest BCUT2D eigenvalue weighted by molar-refractivity contribution is 0.222. The maximum atomic E-state index is 5.60. The van der Waals surface area contributed by atoms with E-state index in [2.05, 4.69) is 16.3 Å². The first-order valence-corrected chi connectivity index (χ1v) is 4.57. The Balaban J connectivity index is 2.17. The zero-order valence-corrected chi connectivity index (χ0v) is 7.21. The molecule has 3 nitrogen and oxygen atoms in total. The third-order valence-electron chi connectivity index (χ3n) is 3.01. The molecule has 3 N–H and O–H groups in total. The molecule has 0 radical (unpaired) electrons. The molecule has 0 atom stereocenters. The van der Waals surface area contributed by atoms with Crippen LogP contribution in [0.25, 0.3) is 0 Å². The predicted octanol–water partition coefficient (Wildman–Crippen LogP) is 1.18. The van der Waals surface area contributed by atoms with E-state index in [0.29, 0.717) is 5.41 Å². The normalized spacial score (nSPS) is 20.4. The monoisotopic (exact) mass is 165 g/mol. The third kappa shape index (κ3) is 1.05. The number of nitrogens with one attached hydrogen (secondary N) is 1. The van der Waals surface area contributed by atoms with Gasteiger partial charge < -0.3 is 5.73 Å². The van der Waals surface area contributed by atoms with Gasteiger partial charge in [0.15, 0.2) is 0 Å². The average molecular weight is 165 g/mol. The van der Waals surface area contributed by atoms with Crippen LogP contribution < -0.4 is 5.73 Å². The lowest BCUT2D eigenvalue weighted by Crippen LogP contribution is -2.36. The SMILES string of the molecule is NCCC1(c2ccn[nH]2)CCC1. The number of hydrogen-bond acceptors (Lipinski definition) is 2. The molecule has 0 aromatic carbocycles. The highest BCUT2D eigenvalue weighted by molar-refractivity contribution is 5.18. The zero-order valence-electron chi connectivity index (χ0n) is 7.21. The van der Waals surface area contributed by atoms with Gasteiger partial charge >= 0.3 is 0 Å². The Hall–Kier alpha value is -0.830. The fourth-order valence-corrected chi connectivity index (χ4v) is 2.09. The van der Waals surface area contributed by atoms with E-state index in [4.69, 9.17) is 5.73 Å². The van der Waals surface area contributed by atoms with Crippen LogP contribution in [0.4, 0.5) is 0 Å². The molecular formula is C9H15N3. The van der Waals surface area contributed by atoms with Crippen LogP contribution in [0.2, 0.25) is 0 Å². The summed E-state index contributed by atoms with van der Waals surface area (Å²) in [6.07, 6.45) is 6.79. The molecule has 0 bridgehead atoms. The molecule has 3 heteroatoms. The van der Waals surface area contributed by atoms with Crippen LogP contribution in [-0.2, 0) is 5.41 Å². The lowest BCUT2D eigenvalue weighted by Gasteiger charge is -2.40. The predicted molar refractivity (Wildman–Crippen MR) is 47.8 cm³/mol. The van der Waals surface area contributed by atoms with Crippen LogP contribution in [0, 0.1) is 0 Å². The molecule has 1 aliphatic carbocycles. The molecule has 1 heterocycles. The average Bonchev–Trinajstić information content (AvgIpc) is 2.48. The van der Waals surface area contributed by atoms with Crippen LogP contribution in [-0.4, -0.2) is 16.7 Å². The van der Waals surface area contributed by atoms with E-state index in [0.717, 1.165) is 13.0 Å². The maximum Gasteiger partial charge on any atom is 0.0490 e. The van der Waals surface area contributed by atoms with Crippen LogP contribution >= 0.6 is 0 Å². The minimum absolute atomic E-state index is 0.352. The van der Waals surface area contributed by atoms with Gasteiger partial charge in [-0.3, -0.25) is 5.10 Å². The molecule has 1 aliphatic rings. The van der Waals surface area contributed by atoms with Gasteiger partial charge in [-0.15, -0.1) is 0 Å². The van der Waals surface area contributed by atoms with Crippen molar-refractivity contribution in [3.63, 3.8) is 0 Å². The highest BCUT2D eigenvalue weighted by atomic mass is 15.1. The Bertz CT molecular complexity index is 236. The van der Waals surface area contributed by atoms with Crippen molar-refractivity contribution < 1.29 is 0 Å². The number of hydrogen-bond donors (Lipinski definition) is 2. The third-order valence-corrected chi connectivity index (χ3v) is 3.01. The Morgan fingerprint density at radius 3 is 2.83 bits per heavy atom. The fourth-order valence-electron chi connectivity index (χ4n) is 2.09. The molecule has 0 aliphatic heterocycles. The number of nitrogens with two attached hydrogens (primary N) is 1. The van der Waals surface area contributed by atoms with Crippen molar-refractivity contribution in [1.82, 2.24) is 10.2 Å². The topological polar surface area (TPSA) is 54.7 Å². The van der Waals surface area contributed by atoms with E-state index in [1.807, 2.05) is 6.20 Å². The van der Waals surface area contributed by atoms with Crippen molar-refractivity contribution in [3.05, 3.63) is 18.0 Å². The first-order chi connectivity index (χ1) is 5.87. The summed E-state index contributed by atoms with van der Waals surface area (Å²) in [7, 11) is 0. The highest BCUT2D eigenvalue weighted by Crippen LogP contribution is 2.45. The minimum Gasteiger partial charge on any atom is -0.330 e. The number of rotatable bonds is 3. The summed E-state index contributed by atoms with van der Waals surface area (Å²) in [6.45, 7) is 0.777. The van der Waals surface area contributed by atoms with Gasteiger partial charge in [0.2, 0.25) is 0 Å². The highest BCUT2D eigenvalue weighted by Gasteiger charge is 2.38. The van der Waals surface area contributed by atoms with E-state index in [9.17, 15) is 0 Å². The molecule has 2 rings (SSSR count). The van der Waals surface area contributed by atoms with Gasteiger partial charge in [-0.05, 0) is 31.9 Å². The molecule has 0 amide bonds. The summed E-state index contributed by atoms with van der Waals surface area (Å²) in [5.41, 5.74) is 7.23. The summed E-state index contributed by atoms with van der Waals surface area (Å²) < 4.78 is 0. The molecule has 1 aromatic heterocycles. The Labute approximate surface area is 72.4 Å². The van der Waals surface area contributed by atoms with Gasteiger partial charge in [-0.2, -0.15) is 5.10 Å². The van der Waals surface area contributed by atoms with Crippen molar-refractivity contribution in [2.24, 2.45) is 5.73 Å². The standard InChI is InChI=1S/C9H15N3/c10-6-5-9(3-1-4-9)8-2-7-11-12-8/h2,7H,1,3-6,10H2,(H,11,12). The Morgan fingerprint density at radius 1 is 1.58 bits per heavy atom. The van der Waals surface area contributed by atoms with Crippen LogP contribution in [0.5, 0.6) is 0 Å². The maximum absolute atomic E-state index is 5.60. The summed E-state index contributed by atoms with van der Waals surface area (Å²) in [5, 5.41) is 7.05. The number of nitrogens with zero attached hydrogens (tertiary/aromatic N) is 1. The van der Waals surface area contributed by atoms with E-state index < -0.39 is 0 Å². The van der Waals surface area contributed by atoms with Crippen molar-refractivity contribution >= 4 is 0 Å². The van der Waals surface area contributed by atoms with Gasteiger partial charge in [0.25, 0.3) is 0 Å².